The van der Waals surface area contributed by atoms with E-state index in [1.54, 1.807) is 18.7 Å². The van der Waals surface area contributed by atoms with Crippen LogP contribution in [0.3, 0.4) is 0 Å². The van der Waals surface area contributed by atoms with E-state index in [-0.39, 0.29) is 24.8 Å². The smallest absolute Gasteiger partial charge is 0.338 e. The van der Waals surface area contributed by atoms with E-state index in [4.69, 9.17) is 9.73 Å². The number of nitrogens with zero attached hydrogens (tertiary/aromatic N) is 4. The number of carbonyl (C=O) groups excluding carboxylic acids is 3. The summed E-state index contributed by atoms with van der Waals surface area (Å²) in [6, 6.07) is 17.2. The molecular weight excluding hydrogens is 512 g/mol. The van der Waals surface area contributed by atoms with Gasteiger partial charge in [-0.1, -0.05) is 71.9 Å². The highest BCUT2D eigenvalue weighted by Crippen LogP contribution is 2.47. The van der Waals surface area contributed by atoms with Gasteiger partial charge in [-0.25, -0.2) is 9.79 Å². The largest absolute Gasteiger partial charge is 0.463 e. The summed E-state index contributed by atoms with van der Waals surface area (Å²) in [6.07, 6.45) is 0.172. The number of hydrogen-bond acceptors (Lipinski definition) is 7. The molecule has 8 nitrogen and oxygen atoms in total. The second kappa shape index (κ2) is 11.5. The number of rotatable bonds is 6. The Hall–Kier alpha value is -3.85. The normalized spacial score (nSPS) is 18.9. The number of aliphatic imine (C=N–C) groups is 1. The molecule has 0 aromatic heterocycles. The van der Waals surface area contributed by atoms with Gasteiger partial charge in [-0.2, -0.15) is 0 Å². The predicted molar refractivity (Wildman–Crippen MR) is 152 cm³/mol. The molecule has 2 amide bonds. The minimum Gasteiger partial charge on any atom is -0.463 e. The summed E-state index contributed by atoms with van der Waals surface area (Å²) in [5.41, 5.74) is 4.65. The van der Waals surface area contributed by atoms with Crippen LogP contribution in [0.5, 0.6) is 0 Å². The van der Waals surface area contributed by atoms with Gasteiger partial charge in [-0.05, 0) is 24.8 Å². The quantitative estimate of drug-likeness (QED) is 0.503. The van der Waals surface area contributed by atoms with Crippen LogP contribution in [0.25, 0.3) is 5.70 Å². The Bertz CT molecular complexity index is 1380. The van der Waals surface area contributed by atoms with Crippen molar-refractivity contribution in [1.82, 2.24) is 14.7 Å². The van der Waals surface area contributed by atoms with Crippen LogP contribution in [0.2, 0.25) is 0 Å². The zero-order valence-corrected chi connectivity index (χ0v) is 23.2. The average Bonchev–Trinajstić information content (AvgIpc) is 3.34. The summed E-state index contributed by atoms with van der Waals surface area (Å²) < 4.78 is 5.58. The molecule has 2 aromatic carbocycles. The number of hydrogen-bond donors (Lipinski definition) is 0. The Morgan fingerprint density at radius 3 is 2.38 bits per heavy atom. The minimum atomic E-state index is -0.504. The van der Waals surface area contributed by atoms with Crippen LogP contribution in [-0.2, 0) is 19.1 Å². The lowest BCUT2D eigenvalue weighted by molar-refractivity contribution is -0.139. The maximum absolute atomic E-state index is 13.6. The highest BCUT2D eigenvalue weighted by atomic mass is 32.2. The van der Waals surface area contributed by atoms with Crippen molar-refractivity contribution in [3.8, 4) is 0 Å². The number of esters is 1. The molecule has 2 aromatic rings. The number of ether oxygens (including phenoxy) is 1. The Kier molecular flexibility index (Phi) is 7.88. The molecule has 0 radical (unpaired) electrons. The Morgan fingerprint density at radius 2 is 1.72 bits per heavy atom. The number of amides is 2. The van der Waals surface area contributed by atoms with E-state index in [1.165, 1.54) is 11.8 Å². The van der Waals surface area contributed by atoms with Crippen LogP contribution in [0.1, 0.15) is 43.0 Å². The molecule has 0 unspecified atom stereocenters. The van der Waals surface area contributed by atoms with Crippen molar-refractivity contribution in [2.45, 2.75) is 33.2 Å². The van der Waals surface area contributed by atoms with E-state index in [0.29, 0.717) is 37.4 Å². The van der Waals surface area contributed by atoms with Crippen molar-refractivity contribution in [2.75, 3.05) is 32.8 Å². The van der Waals surface area contributed by atoms with E-state index in [9.17, 15) is 14.4 Å². The summed E-state index contributed by atoms with van der Waals surface area (Å²) >= 11 is 1.46. The monoisotopic (exact) mass is 544 g/mol. The van der Waals surface area contributed by atoms with Gasteiger partial charge < -0.3 is 19.4 Å². The van der Waals surface area contributed by atoms with Gasteiger partial charge in [0.2, 0.25) is 11.8 Å². The molecule has 3 aliphatic heterocycles. The molecule has 0 aliphatic carbocycles. The molecule has 1 saturated heterocycles. The van der Waals surface area contributed by atoms with E-state index in [2.05, 4.69) is 6.07 Å². The predicted octanol–water partition coefficient (Wildman–Crippen LogP) is 4.35. The zero-order chi connectivity index (χ0) is 27.5. The van der Waals surface area contributed by atoms with Gasteiger partial charge in [-0.15, -0.1) is 0 Å². The number of amidine groups is 1. The fourth-order valence-electron chi connectivity index (χ4n) is 5.18. The first-order valence-electron chi connectivity index (χ1n) is 13.2. The number of piperazine rings is 1. The number of fused-ring (bicyclic) bond motifs is 1. The molecular formula is C30H32N4O4S. The second-order valence-electron chi connectivity index (χ2n) is 9.72. The molecule has 0 N–H and O–H groups in total. The van der Waals surface area contributed by atoms with Gasteiger partial charge >= 0.3 is 5.97 Å². The number of aryl methyl sites for hydroxylation is 1. The SMILES string of the molecule is CCOC(=O)C1=C(c2ccccc2)N=C2SC=C(CC(=O)N3CCN(C(C)=O)CC3)N2[C@H]1c1cccc(C)c1. The molecule has 202 valence electrons. The molecule has 1 atom stereocenters. The topological polar surface area (TPSA) is 82.5 Å². The first-order chi connectivity index (χ1) is 18.9. The van der Waals surface area contributed by atoms with E-state index < -0.39 is 12.0 Å². The third-order valence-electron chi connectivity index (χ3n) is 7.12. The van der Waals surface area contributed by atoms with E-state index in [1.807, 2.05) is 70.7 Å². The maximum atomic E-state index is 13.6. The van der Waals surface area contributed by atoms with Crippen molar-refractivity contribution >= 4 is 40.4 Å². The van der Waals surface area contributed by atoms with Crippen molar-refractivity contribution in [2.24, 2.45) is 4.99 Å². The molecule has 0 saturated carbocycles. The third-order valence-corrected chi connectivity index (χ3v) is 8.01. The summed E-state index contributed by atoms with van der Waals surface area (Å²) in [4.78, 5) is 49.3. The lowest BCUT2D eigenvalue weighted by Gasteiger charge is -2.38. The van der Waals surface area contributed by atoms with Crippen molar-refractivity contribution in [3.63, 3.8) is 0 Å². The van der Waals surface area contributed by atoms with Crippen LogP contribution in [0, 0.1) is 6.92 Å². The van der Waals surface area contributed by atoms with Gasteiger partial charge in [0, 0.05) is 44.4 Å². The lowest BCUT2D eigenvalue weighted by atomic mass is 9.90. The van der Waals surface area contributed by atoms with Gasteiger partial charge in [0.05, 0.1) is 30.3 Å². The molecule has 0 bridgehead atoms. The Balaban J connectivity index is 1.53. The minimum absolute atomic E-state index is 0.00943. The first kappa shape index (κ1) is 26.7. The molecule has 39 heavy (non-hydrogen) atoms. The average molecular weight is 545 g/mol. The van der Waals surface area contributed by atoms with Crippen molar-refractivity contribution < 1.29 is 19.1 Å². The van der Waals surface area contributed by atoms with Gasteiger partial charge in [0.1, 0.15) is 0 Å². The van der Waals surface area contributed by atoms with Crippen LogP contribution in [-0.4, -0.2) is 70.4 Å². The summed E-state index contributed by atoms with van der Waals surface area (Å²) in [6.45, 7) is 7.69. The van der Waals surface area contributed by atoms with Crippen LogP contribution in [0.15, 0.2) is 76.3 Å². The lowest BCUT2D eigenvalue weighted by Crippen LogP contribution is -2.50. The Morgan fingerprint density at radius 1 is 1.00 bits per heavy atom. The van der Waals surface area contributed by atoms with Gasteiger partial charge in [0.25, 0.3) is 0 Å². The highest BCUT2D eigenvalue weighted by molar-refractivity contribution is 8.16. The second-order valence-corrected chi connectivity index (χ2v) is 10.6. The number of benzene rings is 2. The summed E-state index contributed by atoms with van der Waals surface area (Å²) in [7, 11) is 0. The zero-order valence-electron chi connectivity index (χ0n) is 22.4. The number of thioether (sulfide) groups is 1. The third kappa shape index (κ3) is 5.49. The molecule has 0 spiro atoms. The van der Waals surface area contributed by atoms with E-state index >= 15 is 0 Å². The summed E-state index contributed by atoms with van der Waals surface area (Å²) in [5, 5.41) is 2.68. The van der Waals surface area contributed by atoms with Crippen LogP contribution in [0.4, 0.5) is 0 Å². The number of carbonyl (C=O) groups is 3. The highest BCUT2D eigenvalue weighted by Gasteiger charge is 2.42. The molecule has 1 fully saturated rings. The molecule has 3 aliphatic rings. The van der Waals surface area contributed by atoms with Crippen LogP contribution >= 0.6 is 11.8 Å². The van der Waals surface area contributed by atoms with E-state index in [0.717, 1.165) is 27.6 Å². The Labute approximate surface area is 233 Å². The molecule has 3 heterocycles. The van der Waals surface area contributed by atoms with Gasteiger partial charge in [0.15, 0.2) is 5.17 Å². The van der Waals surface area contributed by atoms with Crippen LogP contribution < -0.4 is 0 Å². The van der Waals surface area contributed by atoms with Crippen molar-refractivity contribution in [3.05, 3.63) is 88.0 Å². The fraction of sp³-hybridized carbons (Fsp3) is 0.333. The molecule has 9 heteroatoms. The first-order valence-corrected chi connectivity index (χ1v) is 14.1. The standard InChI is InChI=1S/C30H32N4O4S/c1-4-38-29(37)26-27(22-10-6-5-7-11-22)31-30-34(28(26)23-12-8-9-20(2)17-23)24(19-39-30)18-25(36)33-15-13-32(14-16-33)21(3)35/h5-12,17,19,28H,4,13-16,18H2,1-3H3/t28-/m0/s1. The summed E-state index contributed by atoms with van der Waals surface area (Å²) in [5.74, 6) is -0.405. The fourth-order valence-corrected chi connectivity index (χ4v) is 6.10. The van der Waals surface area contributed by atoms with Crippen molar-refractivity contribution in [1.29, 1.82) is 0 Å². The maximum Gasteiger partial charge on any atom is 0.338 e. The molecule has 5 rings (SSSR count). The van der Waals surface area contributed by atoms with Gasteiger partial charge in [-0.3, -0.25) is 9.59 Å².